The van der Waals surface area contributed by atoms with Gasteiger partial charge in [-0.15, -0.1) is 0 Å². The van der Waals surface area contributed by atoms with E-state index in [1.165, 1.54) is 31.5 Å². The molecule has 0 radical (unpaired) electrons. The van der Waals surface area contributed by atoms with E-state index in [9.17, 15) is 9.59 Å². The van der Waals surface area contributed by atoms with Crippen molar-refractivity contribution in [3.63, 3.8) is 0 Å². The molecule has 2 aromatic heterocycles. The molecular formula is C40H38F2N4O5. The summed E-state index contributed by atoms with van der Waals surface area (Å²) in [5.41, 5.74) is 8.63. The molecule has 1 aliphatic carbocycles. The number of methoxy groups -OCH3 is 2. The number of nitrogens with zero attached hydrogens (tertiary/aromatic N) is 2. The van der Waals surface area contributed by atoms with Crippen LogP contribution in [0.15, 0.2) is 84.0 Å². The van der Waals surface area contributed by atoms with E-state index in [0.29, 0.717) is 48.3 Å². The molecule has 0 spiro atoms. The minimum atomic E-state index is -0.735. The average Bonchev–Trinajstić information content (AvgIpc) is 3.99. The first-order valence-electron chi connectivity index (χ1n) is 16.9. The Morgan fingerprint density at radius 3 is 2.29 bits per heavy atom. The van der Waals surface area contributed by atoms with Gasteiger partial charge in [-0.1, -0.05) is 18.2 Å². The summed E-state index contributed by atoms with van der Waals surface area (Å²) in [7, 11) is 3.09. The number of nitrogens with two attached hydrogens (primary N) is 1. The first-order chi connectivity index (χ1) is 24.7. The maximum Gasteiger partial charge on any atom is 0.261 e. The number of nitrogen functional groups attached to an aromatic ring is 1. The van der Waals surface area contributed by atoms with Crippen LogP contribution in [0.4, 0.5) is 20.3 Å². The molecule has 0 bridgehead atoms. The number of amides is 1. The third-order valence-electron chi connectivity index (χ3n) is 9.62. The molecule has 5 aromatic rings. The number of halogens is 2. The van der Waals surface area contributed by atoms with E-state index in [4.69, 9.17) is 19.9 Å². The van der Waals surface area contributed by atoms with E-state index >= 15 is 8.78 Å². The Morgan fingerprint density at radius 1 is 0.863 bits per heavy atom. The van der Waals surface area contributed by atoms with Crippen LogP contribution in [-0.2, 0) is 11.3 Å². The van der Waals surface area contributed by atoms with Crippen molar-refractivity contribution in [3.05, 3.63) is 112 Å². The van der Waals surface area contributed by atoms with E-state index < -0.39 is 23.0 Å². The number of aromatic nitrogens is 2. The van der Waals surface area contributed by atoms with Crippen LogP contribution in [0.1, 0.15) is 47.5 Å². The maximum absolute atomic E-state index is 15.8. The molecule has 1 saturated heterocycles. The van der Waals surface area contributed by atoms with Crippen molar-refractivity contribution in [2.24, 2.45) is 5.92 Å². The molecule has 3 aromatic carbocycles. The largest absolute Gasteiger partial charge is 0.493 e. The molecular weight excluding hydrogens is 654 g/mol. The van der Waals surface area contributed by atoms with Crippen molar-refractivity contribution in [3.8, 4) is 44.9 Å². The molecule has 11 heteroatoms. The number of carbonyl (C=O) groups excluding carboxylic acids is 1. The van der Waals surface area contributed by atoms with Crippen molar-refractivity contribution in [1.82, 2.24) is 9.55 Å². The smallest absolute Gasteiger partial charge is 0.261 e. The summed E-state index contributed by atoms with van der Waals surface area (Å²) < 4.78 is 49.3. The summed E-state index contributed by atoms with van der Waals surface area (Å²) in [5.74, 6) is -0.0822. The van der Waals surface area contributed by atoms with Crippen LogP contribution >= 0.6 is 0 Å². The van der Waals surface area contributed by atoms with Gasteiger partial charge in [0.1, 0.15) is 23.0 Å². The third-order valence-corrected chi connectivity index (χ3v) is 9.62. The van der Waals surface area contributed by atoms with Crippen LogP contribution in [0.3, 0.4) is 0 Å². The molecule has 2 fully saturated rings. The second-order valence-corrected chi connectivity index (χ2v) is 13.1. The molecule has 2 aliphatic rings. The molecule has 3 heterocycles. The second-order valence-electron chi connectivity index (χ2n) is 13.1. The van der Waals surface area contributed by atoms with Crippen LogP contribution in [0.25, 0.3) is 33.4 Å². The highest BCUT2D eigenvalue weighted by Crippen LogP contribution is 2.41. The lowest BCUT2D eigenvalue weighted by Gasteiger charge is -2.23. The van der Waals surface area contributed by atoms with Crippen molar-refractivity contribution < 1.29 is 27.8 Å². The first kappa shape index (κ1) is 33.9. The lowest BCUT2D eigenvalue weighted by molar-refractivity contribution is 0.0612. The normalized spacial score (nSPS) is 14.7. The summed E-state index contributed by atoms with van der Waals surface area (Å²) in [6.07, 6.45) is 8.39. The Hall–Kier alpha value is -5.55. The van der Waals surface area contributed by atoms with Gasteiger partial charge in [-0.05, 0) is 91.1 Å². The molecule has 7 rings (SSSR count). The Morgan fingerprint density at radius 2 is 1.59 bits per heavy atom. The fraction of sp³-hybridized carbons (Fsp3) is 0.275. The number of ether oxygens (including phenoxy) is 3. The van der Waals surface area contributed by atoms with Crippen LogP contribution < -0.4 is 26.0 Å². The highest BCUT2D eigenvalue weighted by Gasteiger charge is 2.26. The van der Waals surface area contributed by atoms with E-state index in [2.05, 4.69) is 10.3 Å². The quantitative estimate of drug-likeness (QED) is 0.154. The number of hydrogen-bond acceptors (Lipinski definition) is 7. The summed E-state index contributed by atoms with van der Waals surface area (Å²) in [5, 5.41) is 2.67. The summed E-state index contributed by atoms with van der Waals surface area (Å²) in [4.78, 5) is 31.8. The Bertz CT molecular complexity index is 2180. The molecule has 0 atom stereocenters. The molecule has 1 aliphatic heterocycles. The molecule has 51 heavy (non-hydrogen) atoms. The van der Waals surface area contributed by atoms with Gasteiger partial charge in [-0.25, -0.2) is 13.8 Å². The zero-order chi connectivity index (χ0) is 35.6. The highest BCUT2D eigenvalue weighted by atomic mass is 19.1. The number of nitrogens with one attached hydrogen (secondary N) is 1. The second kappa shape index (κ2) is 14.4. The first-order valence-corrected chi connectivity index (χ1v) is 16.9. The Labute approximate surface area is 294 Å². The number of carbonyl (C=O) groups is 1. The van der Waals surface area contributed by atoms with Gasteiger partial charge in [0.15, 0.2) is 11.5 Å². The van der Waals surface area contributed by atoms with Crippen LogP contribution in [-0.4, -0.2) is 42.9 Å². The molecule has 0 unspecified atom stereocenters. The van der Waals surface area contributed by atoms with Gasteiger partial charge in [0.2, 0.25) is 5.43 Å². The van der Waals surface area contributed by atoms with Gasteiger partial charge in [-0.3, -0.25) is 9.59 Å². The number of benzene rings is 3. The lowest BCUT2D eigenvalue weighted by Crippen LogP contribution is -2.27. The van der Waals surface area contributed by atoms with Gasteiger partial charge >= 0.3 is 0 Å². The van der Waals surface area contributed by atoms with Crippen molar-refractivity contribution >= 4 is 17.4 Å². The summed E-state index contributed by atoms with van der Waals surface area (Å²) in [6, 6.07) is 16.2. The van der Waals surface area contributed by atoms with Gasteiger partial charge in [0.05, 0.1) is 14.2 Å². The fourth-order valence-corrected chi connectivity index (χ4v) is 6.61. The van der Waals surface area contributed by atoms with E-state index in [1.54, 1.807) is 48.3 Å². The summed E-state index contributed by atoms with van der Waals surface area (Å²) >= 11 is 0. The Kier molecular flexibility index (Phi) is 9.55. The minimum Gasteiger partial charge on any atom is -0.493 e. The molecule has 1 saturated carbocycles. The molecule has 9 nitrogen and oxygen atoms in total. The van der Waals surface area contributed by atoms with E-state index in [0.717, 1.165) is 42.9 Å². The van der Waals surface area contributed by atoms with Crippen LogP contribution in [0.2, 0.25) is 0 Å². The average molecular weight is 693 g/mol. The van der Waals surface area contributed by atoms with Crippen LogP contribution in [0.5, 0.6) is 11.5 Å². The van der Waals surface area contributed by atoms with Crippen molar-refractivity contribution in [1.29, 1.82) is 0 Å². The highest BCUT2D eigenvalue weighted by molar-refractivity contribution is 6.04. The van der Waals surface area contributed by atoms with Gasteiger partial charge in [0, 0.05) is 71.9 Å². The molecule has 262 valence electrons. The lowest BCUT2D eigenvalue weighted by atomic mass is 9.98. The number of rotatable bonds is 10. The standard InChI is InChI=1S/C40H38F2N4O5/c1-49-36-10-6-26(17-37(36)50-2)27-15-31(39(43)44-19-27)29-9-7-28(18-35(29)42)45-40(48)33-22-46(20-23-11-13-51-14-12-23)21-32(38(33)47)30-8-5-25(16-34(30)41)24-3-4-24/h5-10,15-19,21-24H,3-4,11-14,20H2,1-2H3,(H2,43,44)(H,45,48). The van der Waals surface area contributed by atoms with Gasteiger partial charge in [0.25, 0.3) is 5.91 Å². The van der Waals surface area contributed by atoms with Gasteiger partial charge in [-0.2, -0.15) is 0 Å². The Balaban J connectivity index is 1.18. The molecule has 1 amide bonds. The SMILES string of the molecule is COc1ccc(-c2cnc(N)c(-c3ccc(NC(=O)c4cn(CC5CCOCC5)cc(-c5ccc(C6CC6)cc5F)c4=O)cc3F)c2)cc1OC. The predicted molar refractivity (Wildman–Crippen MR) is 192 cm³/mol. The number of anilines is 2. The van der Waals surface area contributed by atoms with Crippen LogP contribution in [0, 0.1) is 17.6 Å². The monoisotopic (exact) mass is 692 g/mol. The minimum absolute atomic E-state index is 0.0911. The zero-order valence-electron chi connectivity index (χ0n) is 28.4. The summed E-state index contributed by atoms with van der Waals surface area (Å²) in [6.45, 7) is 1.79. The van der Waals surface area contributed by atoms with E-state index in [-0.39, 0.29) is 39.7 Å². The number of hydrogen-bond donors (Lipinski definition) is 2. The third kappa shape index (κ3) is 7.20. The van der Waals surface area contributed by atoms with Crippen molar-refractivity contribution in [2.75, 3.05) is 38.5 Å². The van der Waals surface area contributed by atoms with E-state index in [1.807, 2.05) is 12.1 Å². The molecule has 3 N–H and O–H groups in total. The van der Waals surface area contributed by atoms with Gasteiger partial charge < -0.3 is 29.8 Å². The van der Waals surface area contributed by atoms with Crippen molar-refractivity contribution in [2.45, 2.75) is 38.1 Å². The predicted octanol–water partition coefficient (Wildman–Crippen LogP) is 7.68. The zero-order valence-corrected chi connectivity index (χ0v) is 28.4. The number of pyridine rings is 2. The maximum atomic E-state index is 15.8. The topological polar surface area (TPSA) is 118 Å². The fourth-order valence-electron chi connectivity index (χ4n) is 6.61.